The van der Waals surface area contributed by atoms with Crippen molar-refractivity contribution in [2.45, 2.75) is 32.0 Å². The first-order valence-corrected chi connectivity index (χ1v) is 10.7. The molecule has 0 fully saturated rings. The maximum Gasteiger partial charge on any atom is 0.263 e. The van der Waals surface area contributed by atoms with Gasteiger partial charge in [-0.05, 0) is 23.8 Å². The molecule has 25 heavy (non-hydrogen) atoms. The number of nitrogens with zero attached hydrogens (tertiary/aromatic N) is 2. The van der Waals surface area contributed by atoms with Crippen molar-refractivity contribution in [3.63, 3.8) is 0 Å². The van der Waals surface area contributed by atoms with Crippen molar-refractivity contribution in [1.29, 1.82) is 0 Å². The van der Waals surface area contributed by atoms with Crippen LogP contribution in [-0.2, 0) is 11.3 Å². The summed E-state index contributed by atoms with van der Waals surface area (Å²) in [4.78, 5) is 30.8. The average Bonchev–Trinajstić information content (AvgIpc) is 3.20. The maximum atomic E-state index is 13.2. The highest BCUT2D eigenvalue weighted by atomic mass is 32.2. The van der Waals surface area contributed by atoms with Crippen molar-refractivity contribution in [3.05, 3.63) is 33.2 Å². The van der Waals surface area contributed by atoms with Crippen LogP contribution in [0.4, 0.5) is 0 Å². The molecule has 0 aliphatic rings. The standard InChI is InChI=1S/C17H19N3O2S3/c1-10(2)5-6-20-16(22)14-11(12-4-3-7-23-12)8-24-15(14)19-17(20)25-9-13(18)21/h3-4,7-8,10H,5-6,9H2,1-2H3,(H2,18,21). The topological polar surface area (TPSA) is 78.0 Å². The minimum absolute atomic E-state index is 0.0396. The molecule has 0 unspecified atom stereocenters. The molecule has 1 amide bonds. The number of nitrogens with two attached hydrogens (primary N) is 1. The molecular weight excluding hydrogens is 374 g/mol. The highest BCUT2D eigenvalue weighted by Crippen LogP contribution is 2.34. The Kier molecular flexibility index (Phi) is 5.61. The van der Waals surface area contributed by atoms with Crippen LogP contribution in [0.25, 0.3) is 20.7 Å². The Morgan fingerprint density at radius 1 is 1.40 bits per heavy atom. The number of fused-ring (bicyclic) bond motifs is 1. The Morgan fingerprint density at radius 2 is 2.20 bits per heavy atom. The molecule has 0 saturated carbocycles. The average molecular weight is 394 g/mol. The molecule has 0 bridgehead atoms. The molecule has 8 heteroatoms. The van der Waals surface area contributed by atoms with Crippen LogP contribution in [0.2, 0.25) is 0 Å². The van der Waals surface area contributed by atoms with Gasteiger partial charge in [-0.2, -0.15) is 0 Å². The van der Waals surface area contributed by atoms with E-state index in [2.05, 4.69) is 18.8 Å². The molecule has 0 atom stereocenters. The Labute approximate surface area is 157 Å². The number of primary amides is 1. The first kappa shape index (κ1) is 18.2. The second-order valence-electron chi connectivity index (χ2n) is 6.10. The van der Waals surface area contributed by atoms with E-state index in [1.54, 1.807) is 15.9 Å². The van der Waals surface area contributed by atoms with Crippen molar-refractivity contribution in [2.24, 2.45) is 11.7 Å². The number of hydrogen-bond acceptors (Lipinski definition) is 6. The number of thioether (sulfide) groups is 1. The highest BCUT2D eigenvalue weighted by Gasteiger charge is 2.18. The van der Waals surface area contributed by atoms with Gasteiger partial charge in [0.25, 0.3) is 5.56 Å². The van der Waals surface area contributed by atoms with Crippen LogP contribution < -0.4 is 11.3 Å². The summed E-state index contributed by atoms with van der Waals surface area (Å²) in [5, 5.41) is 5.22. The number of carbonyl (C=O) groups excluding carboxylic acids is 1. The summed E-state index contributed by atoms with van der Waals surface area (Å²) in [5.41, 5.74) is 6.16. The summed E-state index contributed by atoms with van der Waals surface area (Å²) in [6.07, 6.45) is 0.871. The molecule has 3 rings (SSSR count). The lowest BCUT2D eigenvalue weighted by Crippen LogP contribution is -2.25. The summed E-state index contributed by atoms with van der Waals surface area (Å²) >= 11 is 4.30. The molecule has 2 N–H and O–H groups in total. The molecule has 0 radical (unpaired) electrons. The minimum Gasteiger partial charge on any atom is -0.369 e. The normalized spacial score (nSPS) is 11.5. The van der Waals surface area contributed by atoms with Crippen LogP contribution in [0.15, 0.2) is 32.8 Å². The van der Waals surface area contributed by atoms with Crippen LogP contribution in [0, 0.1) is 5.92 Å². The summed E-state index contributed by atoms with van der Waals surface area (Å²) < 4.78 is 1.69. The molecule has 3 aromatic heterocycles. The molecule has 0 aliphatic heterocycles. The molecule has 0 aromatic carbocycles. The van der Waals surface area contributed by atoms with Crippen molar-refractivity contribution in [1.82, 2.24) is 9.55 Å². The fraction of sp³-hybridized carbons (Fsp3) is 0.353. The highest BCUT2D eigenvalue weighted by molar-refractivity contribution is 7.99. The summed E-state index contributed by atoms with van der Waals surface area (Å²) in [6.45, 7) is 4.82. The minimum atomic E-state index is -0.416. The fourth-order valence-corrected chi connectivity index (χ4v) is 5.02. The number of carbonyl (C=O) groups is 1. The zero-order valence-corrected chi connectivity index (χ0v) is 16.5. The van der Waals surface area contributed by atoms with E-state index in [-0.39, 0.29) is 11.3 Å². The van der Waals surface area contributed by atoms with E-state index in [0.717, 1.165) is 16.9 Å². The first-order chi connectivity index (χ1) is 12.0. The van der Waals surface area contributed by atoms with Gasteiger partial charge in [-0.3, -0.25) is 14.2 Å². The van der Waals surface area contributed by atoms with Gasteiger partial charge in [0, 0.05) is 22.4 Å². The third-order valence-corrected chi connectivity index (χ3v) is 6.49. The number of rotatable bonds is 7. The SMILES string of the molecule is CC(C)CCn1c(SCC(N)=O)nc2scc(-c3cccs3)c2c1=O. The van der Waals surface area contributed by atoms with Crippen molar-refractivity contribution >= 4 is 50.6 Å². The van der Waals surface area contributed by atoms with E-state index in [9.17, 15) is 9.59 Å². The largest absolute Gasteiger partial charge is 0.369 e. The summed E-state index contributed by atoms with van der Waals surface area (Å²) in [6, 6.07) is 3.99. The number of hydrogen-bond donors (Lipinski definition) is 1. The molecular formula is C17H19N3O2S3. The van der Waals surface area contributed by atoms with Gasteiger partial charge in [-0.1, -0.05) is 31.7 Å². The molecule has 132 valence electrons. The van der Waals surface area contributed by atoms with E-state index in [1.807, 2.05) is 22.9 Å². The van der Waals surface area contributed by atoms with E-state index in [4.69, 9.17) is 5.73 Å². The van der Waals surface area contributed by atoms with Crippen molar-refractivity contribution in [3.8, 4) is 10.4 Å². The van der Waals surface area contributed by atoms with Crippen LogP contribution >= 0.6 is 34.4 Å². The first-order valence-electron chi connectivity index (χ1n) is 7.94. The zero-order chi connectivity index (χ0) is 18.0. The van der Waals surface area contributed by atoms with Crippen LogP contribution in [0.3, 0.4) is 0 Å². The molecule has 0 aliphatic carbocycles. The maximum absolute atomic E-state index is 13.2. The Balaban J connectivity index is 2.13. The van der Waals surface area contributed by atoms with Crippen LogP contribution in [0.1, 0.15) is 20.3 Å². The molecule has 3 heterocycles. The van der Waals surface area contributed by atoms with Gasteiger partial charge in [0.15, 0.2) is 5.16 Å². The molecule has 0 spiro atoms. The van der Waals surface area contributed by atoms with Gasteiger partial charge < -0.3 is 5.73 Å². The fourth-order valence-electron chi connectivity index (χ4n) is 2.45. The van der Waals surface area contributed by atoms with E-state index in [0.29, 0.717) is 27.8 Å². The lowest BCUT2D eigenvalue weighted by molar-refractivity contribution is -0.115. The van der Waals surface area contributed by atoms with E-state index >= 15 is 0 Å². The van der Waals surface area contributed by atoms with Gasteiger partial charge in [-0.25, -0.2) is 4.98 Å². The monoisotopic (exact) mass is 393 g/mol. The Hall–Kier alpha value is -1.64. The van der Waals surface area contributed by atoms with Gasteiger partial charge in [0.05, 0.1) is 11.1 Å². The molecule has 0 saturated heterocycles. The van der Waals surface area contributed by atoms with Crippen molar-refractivity contribution < 1.29 is 4.79 Å². The second kappa shape index (κ2) is 7.72. The molecule has 3 aromatic rings. The second-order valence-corrected chi connectivity index (χ2v) is 8.84. The third-order valence-electron chi connectivity index (χ3n) is 3.72. The van der Waals surface area contributed by atoms with Crippen LogP contribution in [-0.4, -0.2) is 21.2 Å². The number of thiophene rings is 2. The van der Waals surface area contributed by atoms with E-state index < -0.39 is 5.91 Å². The summed E-state index contributed by atoms with van der Waals surface area (Å²) in [5.74, 6) is 0.166. The van der Waals surface area contributed by atoms with Gasteiger partial charge in [-0.15, -0.1) is 22.7 Å². The smallest absolute Gasteiger partial charge is 0.263 e. The number of aromatic nitrogens is 2. The zero-order valence-electron chi connectivity index (χ0n) is 14.0. The lowest BCUT2D eigenvalue weighted by atomic mass is 10.1. The van der Waals surface area contributed by atoms with Gasteiger partial charge >= 0.3 is 0 Å². The number of amides is 1. The predicted octanol–water partition coefficient (Wildman–Crippen LogP) is 3.81. The van der Waals surface area contributed by atoms with Crippen molar-refractivity contribution in [2.75, 3.05) is 5.75 Å². The quantitative estimate of drug-likeness (QED) is 0.489. The van der Waals surface area contributed by atoms with Gasteiger partial charge in [0.2, 0.25) is 5.91 Å². The lowest BCUT2D eigenvalue weighted by Gasteiger charge is -2.13. The third kappa shape index (κ3) is 3.96. The predicted molar refractivity (Wildman–Crippen MR) is 107 cm³/mol. The Morgan fingerprint density at radius 3 is 2.84 bits per heavy atom. The molecule has 5 nitrogen and oxygen atoms in total. The summed E-state index contributed by atoms with van der Waals surface area (Å²) in [7, 11) is 0. The Bertz CT molecular complexity index is 942. The van der Waals surface area contributed by atoms with Crippen LogP contribution in [0.5, 0.6) is 0 Å². The van der Waals surface area contributed by atoms with E-state index in [1.165, 1.54) is 23.1 Å². The van der Waals surface area contributed by atoms with Gasteiger partial charge in [0.1, 0.15) is 4.83 Å².